The molecule has 3 aromatic carbocycles. The van der Waals surface area contributed by atoms with Gasteiger partial charge in [0.15, 0.2) is 0 Å². The Hall–Kier alpha value is -3.37. The van der Waals surface area contributed by atoms with Crippen LogP contribution in [0.5, 0.6) is 5.75 Å². The van der Waals surface area contributed by atoms with Gasteiger partial charge in [0.2, 0.25) is 21.8 Å². The van der Waals surface area contributed by atoms with Crippen molar-refractivity contribution in [3.05, 3.63) is 94.5 Å². The van der Waals surface area contributed by atoms with Crippen molar-refractivity contribution in [3.63, 3.8) is 0 Å². The van der Waals surface area contributed by atoms with E-state index in [4.69, 9.17) is 4.74 Å². The predicted molar refractivity (Wildman–Crippen MR) is 148 cm³/mol. The van der Waals surface area contributed by atoms with E-state index < -0.39 is 28.5 Å². The summed E-state index contributed by atoms with van der Waals surface area (Å²) in [5, 5.41) is 2.66. The van der Waals surface area contributed by atoms with E-state index in [1.54, 1.807) is 24.3 Å². The van der Waals surface area contributed by atoms with Crippen molar-refractivity contribution in [2.45, 2.75) is 19.0 Å². The summed E-state index contributed by atoms with van der Waals surface area (Å²) in [5.41, 5.74) is 1.99. The van der Waals surface area contributed by atoms with Crippen LogP contribution < -0.4 is 14.4 Å². The number of rotatable bonds is 11. The highest BCUT2D eigenvalue weighted by Gasteiger charge is 2.32. The second-order valence-electron chi connectivity index (χ2n) is 8.44. The van der Waals surface area contributed by atoms with Gasteiger partial charge in [0.1, 0.15) is 18.3 Å². The number of sulfonamides is 1. The van der Waals surface area contributed by atoms with Crippen LogP contribution in [0, 0.1) is 0 Å². The van der Waals surface area contributed by atoms with Gasteiger partial charge in [-0.05, 0) is 47.5 Å². The number of amides is 2. The van der Waals surface area contributed by atoms with Gasteiger partial charge in [-0.3, -0.25) is 13.9 Å². The van der Waals surface area contributed by atoms with Crippen molar-refractivity contribution in [1.29, 1.82) is 0 Å². The number of nitrogens with one attached hydrogen (secondary N) is 1. The summed E-state index contributed by atoms with van der Waals surface area (Å²) in [6.45, 7) is -0.346. The lowest BCUT2D eigenvalue weighted by Gasteiger charge is -2.33. The van der Waals surface area contributed by atoms with Crippen molar-refractivity contribution in [2.24, 2.45) is 0 Å². The van der Waals surface area contributed by atoms with E-state index in [1.165, 1.54) is 19.1 Å². The first kappa shape index (κ1) is 28.2. The van der Waals surface area contributed by atoms with Crippen LogP contribution in [-0.2, 0) is 32.6 Å². The monoisotopic (exact) mass is 587 g/mol. The summed E-state index contributed by atoms with van der Waals surface area (Å²) in [5.74, 6) is -0.290. The molecule has 1 N–H and O–H groups in total. The van der Waals surface area contributed by atoms with E-state index in [0.717, 1.165) is 26.2 Å². The Morgan fingerprint density at radius 3 is 2.11 bits per heavy atom. The smallest absolute Gasteiger partial charge is 0.244 e. The molecule has 0 unspecified atom stereocenters. The molecule has 3 aromatic rings. The van der Waals surface area contributed by atoms with E-state index in [2.05, 4.69) is 21.2 Å². The van der Waals surface area contributed by atoms with Crippen molar-refractivity contribution in [1.82, 2.24) is 10.2 Å². The van der Waals surface area contributed by atoms with Gasteiger partial charge in [0, 0.05) is 24.5 Å². The number of nitrogens with zero attached hydrogens (tertiary/aromatic N) is 2. The lowest BCUT2D eigenvalue weighted by atomic mass is 10.0. The average Bonchev–Trinajstić information content (AvgIpc) is 2.89. The van der Waals surface area contributed by atoms with Crippen LogP contribution >= 0.6 is 15.9 Å². The molecular weight excluding hydrogens is 558 g/mol. The number of hydrogen-bond acceptors (Lipinski definition) is 5. The minimum atomic E-state index is -3.82. The minimum absolute atomic E-state index is 0.122. The number of likely N-dealkylation sites (N-methyl/N-ethyl adjacent to an activating group) is 1. The number of hydrogen-bond donors (Lipinski definition) is 1. The molecule has 0 saturated carbocycles. The van der Waals surface area contributed by atoms with Crippen LogP contribution in [0.4, 0.5) is 5.69 Å². The molecule has 0 aliphatic carbocycles. The number of ether oxygens (including phenoxy) is 1. The molecular formula is C27H30BrN3O5S. The fraction of sp³-hybridized carbons (Fsp3) is 0.259. The quantitative estimate of drug-likeness (QED) is 0.370. The first-order valence-electron chi connectivity index (χ1n) is 11.5. The summed E-state index contributed by atoms with van der Waals surface area (Å²) < 4.78 is 32.5. The van der Waals surface area contributed by atoms with Gasteiger partial charge in [-0.2, -0.15) is 0 Å². The molecule has 2 amide bonds. The Kier molecular flexibility index (Phi) is 9.71. The molecule has 0 spiro atoms. The van der Waals surface area contributed by atoms with E-state index in [-0.39, 0.29) is 18.9 Å². The molecule has 3 rings (SSSR count). The molecule has 0 aromatic heterocycles. The van der Waals surface area contributed by atoms with Crippen LogP contribution in [0.1, 0.15) is 11.1 Å². The Labute approximate surface area is 226 Å². The third-order valence-electron chi connectivity index (χ3n) is 5.82. The molecule has 8 nitrogen and oxygen atoms in total. The zero-order valence-electron chi connectivity index (χ0n) is 20.9. The molecule has 0 bridgehead atoms. The number of carbonyl (C=O) groups is 2. The molecule has 0 saturated heterocycles. The van der Waals surface area contributed by atoms with Crippen molar-refractivity contribution in [2.75, 3.05) is 31.3 Å². The third kappa shape index (κ3) is 7.80. The maximum Gasteiger partial charge on any atom is 0.244 e. The van der Waals surface area contributed by atoms with Gasteiger partial charge < -0.3 is 15.0 Å². The minimum Gasteiger partial charge on any atom is -0.497 e. The highest BCUT2D eigenvalue weighted by molar-refractivity contribution is 9.10. The summed E-state index contributed by atoms with van der Waals surface area (Å²) >= 11 is 3.41. The first-order chi connectivity index (χ1) is 17.6. The van der Waals surface area contributed by atoms with Gasteiger partial charge in [0.05, 0.1) is 19.1 Å². The molecule has 10 heteroatoms. The van der Waals surface area contributed by atoms with E-state index in [0.29, 0.717) is 11.4 Å². The van der Waals surface area contributed by atoms with Crippen molar-refractivity contribution >= 4 is 43.5 Å². The second-order valence-corrected chi connectivity index (χ2v) is 11.3. The van der Waals surface area contributed by atoms with Crippen molar-refractivity contribution in [3.8, 4) is 5.75 Å². The molecule has 0 radical (unpaired) electrons. The Bertz CT molecular complexity index is 1300. The van der Waals surface area contributed by atoms with Crippen LogP contribution in [0.2, 0.25) is 0 Å². The predicted octanol–water partition coefficient (Wildman–Crippen LogP) is 3.61. The number of methoxy groups -OCH3 is 1. The lowest BCUT2D eigenvalue weighted by molar-refractivity contribution is -0.139. The summed E-state index contributed by atoms with van der Waals surface area (Å²) in [4.78, 5) is 28.3. The average molecular weight is 589 g/mol. The van der Waals surface area contributed by atoms with E-state index >= 15 is 0 Å². The summed E-state index contributed by atoms with van der Waals surface area (Å²) in [6, 6.07) is 22.3. The fourth-order valence-electron chi connectivity index (χ4n) is 3.87. The number of anilines is 1. The molecule has 0 aliphatic heterocycles. The molecule has 1 atom stereocenters. The van der Waals surface area contributed by atoms with Crippen molar-refractivity contribution < 1.29 is 22.7 Å². The zero-order valence-corrected chi connectivity index (χ0v) is 23.3. The Morgan fingerprint density at radius 2 is 1.57 bits per heavy atom. The van der Waals surface area contributed by atoms with Crippen LogP contribution in [-0.4, -0.2) is 58.1 Å². The highest BCUT2D eigenvalue weighted by Crippen LogP contribution is 2.23. The second kappa shape index (κ2) is 12.7. The maximum atomic E-state index is 13.8. The van der Waals surface area contributed by atoms with E-state index in [1.807, 2.05) is 54.6 Å². The molecule has 37 heavy (non-hydrogen) atoms. The van der Waals surface area contributed by atoms with Crippen LogP contribution in [0.3, 0.4) is 0 Å². The Balaban J connectivity index is 2.00. The van der Waals surface area contributed by atoms with Gasteiger partial charge in [-0.25, -0.2) is 8.42 Å². The normalized spacial score (nSPS) is 11.9. The number of carbonyl (C=O) groups excluding carboxylic acids is 2. The zero-order chi connectivity index (χ0) is 27.0. The largest absolute Gasteiger partial charge is 0.497 e. The number of benzene rings is 3. The standard InChI is InChI=1S/C27H30BrN3O5S/c1-29-27(33)25(17-20-7-5-4-6-8-20)30(18-21-9-11-22(28)12-10-21)26(32)19-31(37(3,34)35)23-13-15-24(36-2)16-14-23/h4-16,25H,17-19H2,1-3H3,(H,29,33)/t25-/m1/s1. The van der Waals surface area contributed by atoms with Gasteiger partial charge >= 0.3 is 0 Å². The topological polar surface area (TPSA) is 96.0 Å². The van der Waals surface area contributed by atoms with E-state index in [9.17, 15) is 18.0 Å². The lowest BCUT2D eigenvalue weighted by Crippen LogP contribution is -2.52. The van der Waals surface area contributed by atoms with Gasteiger partial charge in [-0.1, -0.05) is 58.4 Å². The van der Waals surface area contributed by atoms with Crippen LogP contribution in [0.15, 0.2) is 83.3 Å². The molecule has 0 aliphatic rings. The maximum absolute atomic E-state index is 13.8. The van der Waals surface area contributed by atoms with Gasteiger partial charge in [-0.15, -0.1) is 0 Å². The first-order valence-corrected chi connectivity index (χ1v) is 14.2. The molecule has 196 valence electrons. The Morgan fingerprint density at radius 1 is 0.946 bits per heavy atom. The SMILES string of the molecule is CNC(=O)[C@@H](Cc1ccccc1)N(Cc1ccc(Br)cc1)C(=O)CN(c1ccc(OC)cc1)S(C)(=O)=O. The third-order valence-corrected chi connectivity index (χ3v) is 7.49. The highest BCUT2D eigenvalue weighted by atomic mass is 79.9. The molecule has 0 fully saturated rings. The summed E-state index contributed by atoms with van der Waals surface area (Å²) in [7, 11) is -0.788. The van der Waals surface area contributed by atoms with Crippen LogP contribution in [0.25, 0.3) is 0 Å². The van der Waals surface area contributed by atoms with Gasteiger partial charge in [0.25, 0.3) is 0 Å². The fourth-order valence-corrected chi connectivity index (χ4v) is 4.98. The molecule has 0 heterocycles. The summed E-state index contributed by atoms with van der Waals surface area (Å²) in [6.07, 6.45) is 1.31. The number of halogens is 1.